The zero-order valence-corrected chi connectivity index (χ0v) is 8.39. The van der Waals surface area contributed by atoms with Crippen LogP contribution in [-0.4, -0.2) is 0 Å². The van der Waals surface area contributed by atoms with E-state index in [-0.39, 0.29) is 0 Å². The molecule has 2 aliphatic carbocycles. The molecule has 0 amide bonds. The van der Waals surface area contributed by atoms with Crippen LogP contribution in [0.5, 0.6) is 0 Å². The minimum Gasteiger partial charge on any atom is -0.0625 e. The van der Waals surface area contributed by atoms with Crippen molar-refractivity contribution in [2.75, 3.05) is 0 Å². The van der Waals surface area contributed by atoms with Crippen LogP contribution in [0.1, 0.15) is 58.3 Å². The van der Waals surface area contributed by atoms with Crippen LogP contribution < -0.4 is 0 Å². The highest BCUT2D eigenvalue weighted by Gasteiger charge is 2.24. The van der Waals surface area contributed by atoms with Crippen molar-refractivity contribution in [3.63, 3.8) is 0 Å². The molecule has 0 spiro atoms. The van der Waals surface area contributed by atoms with Crippen LogP contribution in [0.15, 0.2) is 0 Å². The van der Waals surface area contributed by atoms with E-state index in [0.29, 0.717) is 0 Å². The van der Waals surface area contributed by atoms with Gasteiger partial charge in [0.2, 0.25) is 0 Å². The SMILES string of the molecule is CC1CC2CCCCC(CC2)C1. The zero-order chi connectivity index (χ0) is 8.39. The van der Waals surface area contributed by atoms with E-state index < -0.39 is 0 Å². The average Bonchev–Trinajstić information content (AvgIpc) is 2.11. The fourth-order valence-electron chi connectivity index (χ4n) is 3.33. The molecule has 2 fully saturated rings. The summed E-state index contributed by atoms with van der Waals surface area (Å²) in [6.45, 7) is 2.47. The van der Waals surface area contributed by atoms with Gasteiger partial charge < -0.3 is 0 Å². The van der Waals surface area contributed by atoms with Gasteiger partial charge in [0.1, 0.15) is 0 Å². The summed E-state index contributed by atoms with van der Waals surface area (Å²) in [7, 11) is 0. The molecule has 0 aromatic rings. The molecule has 2 aliphatic rings. The summed E-state index contributed by atoms with van der Waals surface area (Å²) in [4.78, 5) is 0. The van der Waals surface area contributed by atoms with E-state index in [9.17, 15) is 0 Å². The second kappa shape index (κ2) is 3.81. The van der Waals surface area contributed by atoms with E-state index in [4.69, 9.17) is 0 Å². The van der Waals surface area contributed by atoms with Crippen molar-refractivity contribution < 1.29 is 0 Å². The lowest BCUT2D eigenvalue weighted by Crippen LogP contribution is -2.04. The summed E-state index contributed by atoms with van der Waals surface area (Å²) in [5.74, 6) is 3.23. The molecular weight excluding hydrogens is 144 g/mol. The predicted molar refractivity (Wildman–Crippen MR) is 53.1 cm³/mol. The molecule has 2 unspecified atom stereocenters. The summed E-state index contributed by atoms with van der Waals surface area (Å²) >= 11 is 0. The molecule has 70 valence electrons. The maximum atomic E-state index is 2.47. The number of fused-ring (bicyclic) bond motifs is 3. The highest BCUT2D eigenvalue weighted by molar-refractivity contribution is 4.77. The monoisotopic (exact) mass is 166 g/mol. The van der Waals surface area contributed by atoms with E-state index >= 15 is 0 Å². The van der Waals surface area contributed by atoms with Gasteiger partial charge in [0.05, 0.1) is 0 Å². The second-order valence-electron chi connectivity index (χ2n) is 5.17. The summed E-state index contributed by atoms with van der Waals surface area (Å²) in [5.41, 5.74) is 0. The number of hydrogen-bond acceptors (Lipinski definition) is 0. The predicted octanol–water partition coefficient (Wildman–Crippen LogP) is 4.00. The molecule has 0 radical (unpaired) electrons. The molecule has 0 saturated heterocycles. The Morgan fingerprint density at radius 2 is 1.25 bits per heavy atom. The highest BCUT2D eigenvalue weighted by atomic mass is 14.3. The summed E-state index contributed by atoms with van der Waals surface area (Å²) in [6.07, 6.45) is 12.3. The van der Waals surface area contributed by atoms with Crippen molar-refractivity contribution in [2.45, 2.75) is 58.3 Å². The van der Waals surface area contributed by atoms with Gasteiger partial charge >= 0.3 is 0 Å². The van der Waals surface area contributed by atoms with Gasteiger partial charge in [-0.05, 0) is 30.6 Å². The first-order valence-corrected chi connectivity index (χ1v) is 5.84. The lowest BCUT2D eigenvalue weighted by atomic mass is 9.87. The Morgan fingerprint density at radius 3 is 1.75 bits per heavy atom. The van der Waals surface area contributed by atoms with Gasteiger partial charge in [-0.3, -0.25) is 0 Å². The van der Waals surface area contributed by atoms with Crippen molar-refractivity contribution in [3.05, 3.63) is 0 Å². The first-order chi connectivity index (χ1) is 5.84. The Labute approximate surface area is 76.7 Å². The fourth-order valence-corrected chi connectivity index (χ4v) is 3.33. The van der Waals surface area contributed by atoms with E-state index in [1.54, 1.807) is 12.8 Å². The van der Waals surface area contributed by atoms with Crippen LogP contribution in [0.3, 0.4) is 0 Å². The Hall–Kier alpha value is 0. The maximum absolute atomic E-state index is 2.47. The van der Waals surface area contributed by atoms with Gasteiger partial charge in [0.15, 0.2) is 0 Å². The van der Waals surface area contributed by atoms with Gasteiger partial charge in [0, 0.05) is 0 Å². The normalized spacial score (nSPS) is 43.2. The molecule has 0 aromatic carbocycles. The molecule has 0 heterocycles. The van der Waals surface area contributed by atoms with Crippen molar-refractivity contribution in [1.29, 1.82) is 0 Å². The van der Waals surface area contributed by atoms with Gasteiger partial charge in [-0.15, -0.1) is 0 Å². The summed E-state index contributed by atoms with van der Waals surface area (Å²) in [6, 6.07) is 0. The van der Waals surface area contributed by atoms with E-state index in [1.165, 1.54) is 38.5 Å². The molecule has 2 bridgehead atoms. The minimum absolute atomic E-state index is 1.03. The quantitative estimate of drug-likeness (QED) is 0.510. The van der Waals surface area contributed by atoms with Crippen molar-refractivity contribution >= 4 is 0 Å². The molecule has 2 saturated carbocycles. The van der Waals surface area contributed by atoms with Crippen LogP contribution >= 0.6 is 0 Å². The third kappa shape index (κ3) is 2.02. The first kappa shape index (κ1) is 8.59. The van der Waals surface area contributed by atoms with Crippen LogP contribution in [0, 0.1) is 17.8 Å². The number of rotatable bonds is 0. The standard InChI is InChI=1S/C12H22/c1-10-8-11-4-2-3-5-12(9-10)7-6-11/h10-12H,2-9H2,1H3. The number of hydrogen-bond donors (Lipinski definition) is 0. The Balaban J connectivity index is 2.02. The third-order valence-corrected chi connectivity index (χ3v) is 3.93. The van der Waals surface area contributed by atoms with E-state index in [2.05, 4.69) is 6.92 Å². The molecule has 0 heteroatoms. The molecule has 12 heavy (non-hydrogen) atoms. The molecule has 0 aromatic heterocycles. The van der Waals surface area contributed by atoms with Gasteiger partial charge in [0.25, 0.3) is 0 Å². The van der Waals surface area contributed by atoms with Crippen LogP contribution in [0.4, 0.5) is 0 Å². The van der Waals surface area contributed by atoms with Crippen LogP contribution in [0.2, 0.25) is 0 Å². The van der Waals surface area contributed by atoms with Crippen molar-refractivity contribution in [2.24, 2.45) is 17.8 Å². The summed E-state index contributed by atoms with van der Waals surface area (Å²) in [5, 5.41) is 0. The third-order valence-electron chi connectivity index (χ3n) is 3.93. The fraction of sp³-hybridized carbons (Fsp3) is 1.00. The Kier molecular flexibility index (Phi) is 2.73. The second-order valence-corrected chi connectivity index (χ2v) is 5.17. The molecule has 0 N–H and O–H groups in total. The first-order valence-electron chi connectivity index (χ1n) is 5.84. The summed E-state index contributed by atoms with van der Waals surface area (Å²) < 4.78 is 0. The van der Waals surface area contributed by atoms with Gasteiger partial charge in [-0.2, -0.15) is 0 Å². The molecule has 0 aliphatic heterocycles. The Bertz CT molecular complexity index is 123. The smallest absolute Gasteiger partial charge is 0.0412 e. The van der Waals surface area contributed by atoms with Crippen molar-refractivity contribution in [3.8, 4) is 0 Å². The van der Waals surface area contributed by atoms with E-state index in [0.717, 1.165) is 17.8 Å². The van der Waals surface area contributed by atoms with E-state index in [1.807, 2.05) is 0 Å². The highest BCUT2D eigenvalue weighted by Crippen LogP contribution is 2.38. The Morgan fingerprint density at radius 1 is 0.750 bits per heavy atom. The molecule has 0 nitrogen and oxygen atoms in total. The zero-order valence-electron chi connectivity index (χ0n) is 8.39. The molecular formula is C12H22. The molecule has 2 atom stereocenters. The maximum Gasteiger partial charge on any atom is -0.0412 e. The molecule has 2 rings (SSSR count). The van der Waals surface area contributed by atoms with Crippen LogP contribution in [0.25, 0.3) is 0 Å². The average molecular weight is 166 g/mol. The lowest BCUT2D eigenvalue weighted by molar-refractivity contribution is 0.342. The van der Waals surface area contributed by atoms with Crippen molar-refractivity contribution in [1.82, 2.24) is 0 Å². The topological polar surface area (TPSA) is 0 Å². The van der Waals surface area contributed by atoms with Crippen LogP contribution in [-0.2, 0) is 0 Å². The largest absolute Gasteiger partial charge is 0.0625 e. The minimum atomic E-state index is 1.03. The van der Waals surface area contributed by atoms with Gasteiger partial charge in [-0.1, -0.05) is 45.4 Å². The lowest BCUT2D eigenvalue weighted by Gasteiger charge is -2.19. The van der Waals surface area contributed by atoms with Gasteiger partial charge in [-0.25, -0.2) is 0 Å².